The van der Waals surface area contributed by atoms with Crippen LogP contribution in [0.25, 0.3) is 46.4 Å². The second-order valence-corrected chi connectivity index (χ2v) is 27.4. The molecule has 2 aromatic carbocycles. The van der Waals surface area contributed by atoms with E-state index in [1.165, 1.54) is 178 Å². The summed E-state index contributed by atoms with van der Waals surface area (Å²) in [6, 6.07) is 17.6. The fourth-order valence-electron chi connectivity index (χ4n) is 13.7. The lowest BCUT2D eigenvalue weighted by Gasteiger charge is -2.19. The number of ether oxygens (including phenoxy) is 4. The molecule has 8 nitrogen and oxygen atoms in total. The standard InChI is InChI=1S/C87H124N4O4/c1-11-18-25-32-34-38-45-68(43-36-27-20-13-3)86-78-55-51-74(88-78)72(49-47-70-62-66(8)82(92-10)65-85(70)95-61-42-31-24-17-7)75-52-56-79(89-75)87(69(44-37-28-21-14-4)46-39-35-33-26-19-12-2)81-58-54-77(91-81)73(76-53-57-80(86)90-76)50-48-71-64-83(93-59-40-29-22-15-5)67(9)63-84(71)94-60-41-30-23-16-6/h51-58,62-65,68-69,88-89H,11-46,59-61H2,1-10H3. The fourth-order valence-corrected chi connectivity index (χ4v) is 13.7. The van der Waals surface area contributed by atoms with E-state index in [4.69, 9.17) is 28.9 Å². The maximum atomic E-state index is 6.71. The molecule has 0 aliphatic carbocycles. The van der Waals surface area contributed by atoms with Crippen molar-refractivity contribution in [1.29, 1.82) is 0 Å². The summed E-state index contributed by atoms with van der Waals surface area (Å²) in [7, 11) is 1.74. The molecule has 0 radical (unpaired) electrons. The molecule has 5 heterocycles. The van der Waals surface area contributed by atoms with Crippen LogP contribution in [0.3, 0.4) is 0 Å². The van der Waals surface area contributed by atoms with Gasteiger partial charge in [0, 0.05) is 28.2 Å². The van der Waals surface area contributed by atoms with Gasteiger partial charge in [0.1, 0.15) is 23.0 Å². The van der Waals surface area contributed by atoms with Gasteiger partial charge >= 0.3 is 0 Å². The number of aryl methyl sites for hydroxylation is 2. The Morgan fingerprint density at radius 1 is 0.337 bits per heavy atom. The van der Waals surface area contributed by atoms with Gasteiger partial charge in [0.05, 0.1) is 83.0 Å². The Kier molecular flexibility index (Phi) is 34.7. The lowest BCUT2D eigenvalue weighted by atomic mass is 9.87. The van der Waals surface area contributed by atoms with Gasteiger partial charge in [0.2, 0.25) is 0 Å². The van der Waals surface area contributed by atoms with Gasteiger partial charge in [-0.15, -0.1) is 0 Å². The Morgan fingerprint density at radius 3 is 1.11 bits per heavy atom. The molecule has 0 amide bonds. The molecule has 2 aliphatic rings. The summed E-state index contributed by atoms with van der Waals surface area (Å²) >= 11 is 0. The average molecular weight is 1290 g/mol. The molecule has 516 valence electrons. The van der Waals surface area contributed by atoms with Crippen LogP contribution in [0.2, 0.25) is 0 Å². The van der Waals surface area contributed by atoms with Gasteiger partial charge in [-0.1, -0.05) is 258 Å². The number of rotatable bonds is 45. The van der Waals surface area contributed by atoms with Crippen LogP contribution in [-0.2, 0) is 0 Å². The Balaban J connectivity index is 1.57. The van der Waals surface area contributed by atoms with Crippen molar-refractivity contribution < 1.29 is 18.9 Å². The van der Waals surface area contributed by atoms with Crippen molar-refractivity contribution in [3.63, 3.8) is 0 Å². The Bertz CT molecular complexity index is 3330. The van der Waals surface area contributed by atoms with Gasteiger partial charge in [0.25, 0.3) is 0 Å². The third kappa shape index (κ3) is 24.1. The lowest BCUT2D eigenvalue weighted by Crippen LogP contribution is -2.04. The van der Waals surface area contributed by atoms with E-state index >= 15 is 0 Å². The summed E-state index contributed by atoms with van der Waals surface area (Å²) in [6.45, 7) is 22.2. The van der Waals surface area contributed by atoms with E-state index in [9.17, 15) is 0 Å². The van der Waals surface area contributed by atoms with Gasteiger partial charge in [-0.25, -0.2) is 9.97 Å². The molecule has 2 aliphatic heterocycles. The number of H-pyrrole nitrogens is 2. The number of nitrogens with one attached hydrogen (secondary N) is 2. The van der Waals surface area contributed by atoms with E-state index < -0.39 is 0 Å². The molecule has 5 aromatic rings. The number of unbranched alkanes of at least 4 members (excludes halogenated alkanes) is 25. The van der Waals surface area contributed by atoms with Crippen LogP contribution < -0.4 is 18.9 Å². The van der Waals surface area contributed by atoms with Crippen LogP contribution in [0, 0.1) is 37.5 Å². The van der Waals surface area contributed by atoms with E-state index in [1.54, 1.807) is 7.11 Å². The molecular formula is C87H124N4O4. The smallest absolute Gasteiger partial charge is 0.138 e. The third-order valence-electron chi connectivity index (χ3n) is 19.5. The van der Waals surface area contributed by atoms with Gasteiger partial charge in [-0.3, -0.25) is 0 Å². The first-order valence-electron chi connectivity index (χ1n) is 38.6. The number of nitrogens with zero attached hydrogens (tertiary/aromatic N) is 2. The predicted molar refractivity (Wildman–Crippen MR) is 408 cm³/mol. The van der Waals surface area contributed by atoms with Crippen molar-refractivity contribution in [3.8, 4) is 46.7 Å². The molecule has 2 unspecified atom stereocenters. The molecular weight excluding hydrogens is 1160 g/mol. The largest absolute Gasteiger partial charge is 0.496 e. The third-order valence-corrected chi connectivity index (χ3v) is 19.5. The minimum absolute atomic E-state index is 0.276. The second kappa shape index (κ2) is 43.5. The first kappa shape index (κ1) is 75.7. The van der Waals surface area contributed by atoms with Gasteiger partial charge < -0.3 is 28.9 Å². The van der Waals surface area contributed by atoms with Gasteiger partial charge in [-0.2, -0.15) is 0 Å². The highest BCUT2D eigenvalue weighted by molar-refractivity contribution is 5.86. The number of aromatic nitrogens is 4. The van der Waals surface area contributed by atoms with Crippen molar-refractivity contribution in [1.82, 2.24) is 19.9 Å². The number of aromatic amines is 2. The molecule has 3 aromatic heterocycles. The molecule has 7 rings (SSSR count). The Labute approximate surface area is 576 Å². The van der Waals surface area contributed by atoms with Crippen molar-refractivity contribution in [2.24, 2.45) is 0 Å². The molecule has 8 heteroatoms. The summed E-state index contributed by atoms with van der Waals surface area (Å²) < 4.78 is 25.8. The van der Waals surface area contributed by atoms with E-state index in [1.807, 2.05) is 6.07 Å². The molecule has 0 saturated carbocycles. The Hall–Kier alpha value is -6.64. The van der Waals surface area contributed by atoms with Crippen LogP contribution in [0.4, 0.5) is 0 Å². The van der Waals surface area contributed by atoms with Crippen LogP contribution in [0.5, 0.6) is 23.0 Å². The lowest BCUT2D eigenvalue weighted by molar-refractivity contribution is 0.294. The minimum atomic E-state index is 0.276. The van der Waals surface area contributed by atoms with Gasteiger partial charge in [0.15, 0.2) is 0 Å². The van der Waals surface area contributed by atoms with E-state index in [0.717, 1.165) is 165 Å². The molecule has 0 spiro atoms. The molecule has 2 atom stereocenters. The van der Waals surface area contributed by atoms with Crippen molar-refractivity contribution >= 4 is 46.4 Å². The molecule has 95 heavy (non-hydrogen) atoms. The van der Waals surface area contributed by atoms with Crippen LogP contribution >= 0.6 is 0 Å². The van der Waals surface area contributed by atoms with Crippen LogP contribution in [0.15, 0.2) is 48.5 Å². The maximum Gasteiger partial charge on any atom is 0.138 e. The molecule has 8 bridgehead atoms. The van der Waals surface area contributed by atoms with Gasteiger partial charge in [-0.05, 0) is 149 Å². The highest BCUT2D eigenvalue weighted by atomic mass is 16.5. The number of methoxy groups -OCH3 is 1. The monoisotopic (exact) mass is 1290 g/mol. The Morgan fingerprint density at radius 2 is 0.674 bits per heavy atom. The number of benzene rings is 2. The van der Waals surface area contributed by atoms with Crippen molar-refractivity contribution in [2.45, 2.75) is 305 Å². The zero-order chi connectivity index (χ0) is 67.2. The molecule has 0 saturated heterocycles. The number of hydrogen-bond acceptors (Lipinski definition) is 6. The second-order valence-electron chi connectivity index (χ2n) is 27.4. The molecule has 0 fully saturated rings. The van der Waals surface area contributed by atoms with E-state index in [0.29, 0.717) is 19.8 Å². The predicted octanol–water partition coefficient (Wildman–Crippen LogP) is 25.6. The van der Waals surface area contributed by atoms with Crippen molar-refractivity contribution in [2.75, 3.05) is 26.9 Å². The summed E-state index contributed by atoms with van der Waals surface area (Å²) in [4.78, 5) is 19.8. The first-order valence-corrected chi connectivity index (χ1v) is 38.6. The average Bonchev–Trinajstić information content (AvgIpc) is 1.66. The highest BCUT2D eigenvalue weighted by Crippen LogP contribution is 2.39. The fraction of sp³-hybridized carbons (Fsp3) is 0.586. The number of hydrogen-bond donors (Lipinski definition) is 2. The van der Waals surface area contributed by atoms with E-state index in [2.05, 4.69) is 163 Å². The number of fused-ring (bicyclic) bond motifs is 8. The minimum Gasteiger partial charge on any atom is -0.496 e. The maximum absolute atomic E-state index is 6.71. The SMILES string of the molecule is CCCCCCCCC(CCCCCC)c1c2nc(c(C#Cc3cc(OCCCCCC)c(C)cc3OCCCCCC)c3nc(c(C(CCCCCC)CCCCCCCC)c4ccc([nH]4)c(C#Cc4cc(C)c(OC)cc4OCCCCCC)c4ccc1[nH]4)C=C3)C=C2. The quantitative estimate of drug-likeness (QED) is 0.0292. The molecule has 2 N–H and O–H groups in total. The van der Waals surface area contributed by atoms with E-state index in [-0.39, 0.29) is 11.8 Å². The zero-order valence-corrected chi connectivity index (χ0v) is 61.2. The normalized spacial score (nSPS) is 12.4. The van der Waals surface area contributed by atoms with Crippen LogP contribution in [-0.4, -0.2) is 46.9 Å². The topological polar surface area (TPSA) is 94.3 Å². The highest BCUT2D eigenvalue weighted by Gasteiger charge is 2.24. The summed E-state index contributed by atoms with van der Waals surface area (Å²) in [6.07, 6.45) is 51.6. The zero-order valence-electron chi connectivity index (χ0n) is 61.2. The summed E-state index contributed by atoms with van der Waals surface area (Å²) in [5, 5.41) is 0. The summed E-state index contributed by atoms with van der Waals surface area (Å²) in [5.74, 6) is 18.9. The van der Waals surface area contributed by atoms with Crippen molar-refractivity contribution in [3.05, 3.63) is 116 Å². The van der Waals surface area contributed by atoms with Crippen LogP contribution in [0.1, 0.15) is 359 Å². The first-order chi connectivity index (χ1) is 46.7. The summed E-state index contributed by atoms with van der Waals surface area (Å²) in [5.41, 5.74) is 15.8.